The Morgan fingerprint density at radius 2 is 1.30 bits per heavy atom. The van der Waals surface area contributed by atoms with Gasteiger partial charge in [0.1, 0.15) is 0 Å². The standard InChI is InChI=1S/C10H16BBrN2O2.C6H11BN2O.C4H6BrClO/c11-10(16)13-8-3-6-14(7-4-8)9(15)2-1-5-12;7-6(10)9-5-1-3-8-4-2-5;5-3-1-2-4(6)7/h8H,1-7H2,(H,13,16);5,8H,1-4H2,(H,9,10);1-3H2. The smallest absolute Gasteiger partial charge is 0.222 e. The van der Waals surface area contributed by atoms with Crippen LogP contribution in [0, 0.1) is 0 Å². The van der Waals surface area contributed by atoms with Gasteiger partial charge in [0.15, 0.2) is 11.6 Å². The summed E-state index contributed by atoms with van der Waals surface area (Å²) in [6.07, 6.45) is 6.35. The topological polar surface area (TPSA) is 108 Å². The van der Waals surface area contributed by atoms with E-state index in [0.29, 0.717) is 32.0 Å². The van der Waals surface area contributed by atoms with Gasteiger partial charge in [-0.2, -0.15) is 0 Å². The lowest BCUT2D eigenvalue weighted by atomic mass is 10.0. The van der Waals surface area contributed by atoms with Gasteiger partial charge in [-0.15, -0.1) is 0 Å². The number of carbonyl (C=O) groups excluding carboxylic acids is 4. The van der Waals surface area contributed by atoms with Gasteiger partial charge in [-0.3, -0.25) is 19.2 Å². The van der Waals surface area contributed by atoms with Crippen LogP contribution in [0.3, 0.4) is 0 Å². The number of likely N-dealkylation sites (tertiary alicyclic amines) is 1. The number of nitrogens with one attached hydrogen (secondary N) is 3. The first-order valence-electron chi connectivity index (χ1n) is 11.1. The molecule has 0 unspecified atom stereocenters. The Morgan fingerprint density at radius 1 is 0.848 bits per heavy atom. The van der Waals surface area contributed by atoms with Gasteiger partial charge in [-0.05, 0) is 63.2 Å². The summed E-state index contributed by atoms with van der Waals surface area (Å²) in [6.45, 7) is 3.38. The van der Waals surface area contributed by atoms with Crippen LogP contribution in [-0.4, -0.2) is 92.3 Å². The Hall–Kier alpha value is -0.580. The zero-order chi connectivity index (χ0) is 25.1. The molecule has 13 heteroatoms. The first-order chi connectivity index (χ1) is 15.7. The molecule has 0 saturated carbocycles. The summed E-state index contributed by atoms with van der Waals surface area (Å²) in [5.41, 5.74) is 0. The van der Waals surface area contributed by atoms with Crippen molar-refractivity contribution in [3.05, 3.63) is 0 Å². The molecule has 0 atom stereocenters. The van der Waals surface area contributed by atoms with Crippen molar-refractivity contribution in [1.29, 1.82) is 0 Å². The zero-order valence-electron chi connectivity index (χ0n) is 18.9. The molecule has 2 saturated heterocycles. The third kappa shape index (κ3) is 19.4. The monoisotopic (exact) mass is 608 g/mol. The van der Waals surface area contributed by atoms with E-state index < -0.39 is 11.6 Å². The normalized spacial score (nSPS) is 16.4. The molecular formula is C20H33B2Br2ClN4O4. The minimum atomic E-state index is -0.482. The highest BCUT2D eigenvalue weighted by molar-refractivity contribution is 9.09. The third-order valence-electron chi connectivity index (χ3n) is 4.91. The molecule has 2 fully saturated rings. The van der Waals surface area contributed by atoms with Crippen molar-refractivity contribution < 1.29 is 19.2 Å². The lowest BCUT2D eigenvalue weighted by molar-refractivity contribution is -0.132. The van der Waals surface area contributed by atoms with Gasteiger partial charge in [0.2, 0.25) is 26.8 Å². The van der Waals surface area contributed by atoms with Crippen molar-refractivity contribution in [3.63, 3.8) is 0 Å². The van der Waals surface area contributed by atoms with Crippen molar-refractivity contribution in [1.82, 2.24) is 20.9 Å². The van der Waals surface area contributed by atoms with E-state index in [9.17, 15) is 19.2 Å². The van der Waals surface area contributed by atoms with Crippen molar-refractivity contribution in [2.75, 3.05) is 36.8 Å². The number of alkyl halides is 2. The molecule has 0 spiro atoms. The predicted molar refractivity (Wildman–Crippen MR) is 141 cm³/mol. The average Bonchev–Trinajstić information content (AvgIpc) is 2.77. The molecule has 2 aliphatic rings. The second-order valence-corrected chi connectivity index (χ2v) is 9.64. The quantitative estimate of drug-likeness (QED) is 0.223. The maximum atomic E-state index is 11.7. The third-order valence-corrected chi connectivity index (χ3v) is 6.22. The number of hydrogen-bond donors (Lipinski definition) is 3. The SMILES string of the molecule is O=C(Cl)CCCBr.[B]C(=O)NC1CCN(C(=O)CCCBr)CC1.[B]C(=O)NC1CCNCC1. The molecule has 0 aromatic rings. The van der Waals surface area contributed by atoms with Crippen LogP contribution in [0.5, 0.6) is 0 Å². The summed E-state index contributed by atoms with van der Waals surface area (Å²) < 4.78 is 0. The molecule has 3 N–H and O–H groups in total. The molecule has 4 radical (unpaired) electrons. The molecule has 184 valence electrons. The van der Waals surface area contributed by atoms with Crippen LogP contribution in [0.15, 0.2) is 0 Å². The second kappa shape index (κ2) is 20.8. The molecular weight excluding hydrogens is 577 g/mol. The van der Waals surface area contributed by atoms with Crippen LogP contribution in [0.2, 0.25) is 0 Å². The van der Waals surface area contributed by atoms with E-state index in [1.165, 1.54) is 0 Å². The molecule has 2 aliphatic heterocycles. The van der Waals surface area contributed by atoms with E-state index in [1.807, 2.05) is 4.90 Å². The van der Waals surface area contributed by atoms with Crippen LogP contribution in [0.1, 0.15) is 51.4 Å². The Kier molecular flexibility index (Phi) is 20.4. The van der Waals surface area contributed by atoms with Gasteiger partial charge in [0.05, 0.1) is 0 Å². The molecule has 2 rings (SSSR count). The highest BCUT2D eigenvalue weighted by Gasteiger charge is 2.22. The molecule has 0 bridgehead atoms. The van der Waals surface area contributed by atoms with Crippen molar-refractivity contribution in [2.45, 2.75) is 63.5 Å². The number of piperidine rings is 2. The Labute approximate surface area is 221 Å². The predicted octanol–water partition coefficient (Wildman–Crippen LogP) is 2.57. The van der Waals surface area contributed by atoms with Crippen LogP contribution in [-0.2, 0) is 9.59 Å². The summed E-state index contributed by atoms with van der Waals surface area (Å²) in [7, 11) is 10.0. The number of nitrogens with zero attached hydrogens (tertiary/aromatic N) is 1. The number of hydrogen-bond acceptors (Lipinski definition) is 5. The Bertz CT molecular complexity index is 594. The summed E-state index contributed by atoms with van der Waals surface area (Å²) in [6, 6.07) is 0.413. The zero-order valence-corrected chi connectivity index (χ0v) is 22.9. The first-order valence-corrected chi connectivity index (χ1v) is 13.7. The molecule has 2 heterocycles. The minimum Gasteiger partial charge on any atom is -0.363 e. The van der Waals surface area contributed by atoms with Crippen LogP contribution >= 0.6 is 43.5 Å². The van der Waals surface area contributed by atoms with Gasteiger partial charge < -0.3 is 20.9 Å². The van der Waals surface area contributed by atoms with Crippen LogP contribution in [0.4, 0.5) is 9.59 Å². The fourth-order valence-electron chi connectivity index (χ4n) is 3.22. The lowest BCUT2D eigenvalue weighted by Gasteiger charge is -2.32. The van der Waals surface area contributed by atoms with Crippen LogP contribution in [0.25, 0.3) is 0 Å². The van der Waals surface area contributed by atoms with E-state index in [2.05, 4.69) is 47.8 Å². The van der Waals surface area contributed by atoms with Gasteiger partial charge in [-0.25, -0.2) is 0 Å². The second-order valence-electron chi connectivity index (χ2n) is 7.64. The Balaban J connectivity index is 0.000000514. The van der Waals surface area contributed by atoms with Crippen molar-refractivity contribution in [3.8, 4) is 0 Å². The fourth-order valence-corrected chi connectivity index (χ4v) is 3.92. The maximum Gasteiger partial charge on any atom is 0.222 e. The largest absolute Gasteiger partial charge is 0.363 e. The number of amides is 3. The molecule has 0 aliphatic carbocycles. The van der Waals surface area contributed by atoms with Gasteiger partial charge in [0.25, 0.3) is 0 Å². The molecule has 0 aromatic heterocycles. The number of rotatable bonds is 8. The lowest BCUT2D eigenvalue weighted by Crippen LogP contribution is -2.46. The summed E-state index contributed by atoms with van der Waals surface area (Å²) in [4.78, 5) is 44.5. The van der Waals surface area contributed by atoms with Crippen LogP contribution < -0.4 is 16.0 Å². The van der Waals surface area contributed by atoms with E-state index in [1.54, 1.807) is 0 Å². The van der Waals surface area contributed by atoms with E-state index >= 15 is 0 Å². The fraction of sp³-hybridized carbons (Fsp3) is 0.800. The molecule has 33 heavy (non-hydrogen) atoms. The minimum absolute atomic E-state index is 0.123. The number of halogens is 3. The summed E-state index contributed by atoms with van der Waals surface area (Å²) >= 11 is 11.5. The Morgan fingerprint density at radius 3 is 1.70 bits per heavy atom. The molecule has 8 nitrogen and oxygen atoms in total. The van der Waals surface area contributed by atoms with E-state index in [4.69, 9.17) is 27.3 Å². The highest BCUT2D eigenvalue weighted by atomic mass is 79.9. The van der Waals surface area contributed by atoms with Crippen molar-refractivity contribution >= 4 is 81.9 Å². The van der Waals surface area contributed by atoms with Gasteiger partial charge in [-0.1, -0.05) is 31.9 Å². The highest BCUT2D eigenvalue weighted by Crippen LogP contribution is 2.12. The number of carbonyl (C=O) groups is 4. The maximum absolute atomic E-state index is 11.7. The van der Waals surface area contributed by atoms with Crippen molar-refractivity contribution in [2.24, 2.45) is 0 Å². The van der Waals surface area contributed by atoms with E-state index in [-0.39, 0.29) is 17.2 Å². The van der Waals surface area contributed by atoms with Gasteiger partial charge in [0, 0.05) is 48.7 Å². The summed E-state index contributed by atoms with van der Waals surface area (Å²) in [5, 5.41) is 10.0. The summed E-state index contributed by atoms with van der Waals surface area (Å²) in [5.74, 6) is -0.687. The average molecular weight is 610 g/mol. The molecule has 3 amide bonds. The first kappa shape index (κ1) is 32.4. The molecule has 0 aromatic carbocycles. The van der Waals surface area contributed by atoms with Gasteiger partial charge >= 0.3 is 0 Å². The van der Waals surface area contributed by atoms with E-state index in [0.717, 1.165) is 62.3 Å².